The molecule has 0 fully saturated rings. The van der Waals surface area contributed by atoms with E-state index in [1.165, 1.54) is 11.3 Å². The van der Waals surface area contributed by atoms with Crippen LogP contribution in [0.1, 0.15) is 37.1 Å². The predicted molar refractivity (Wildman–Crippen MR) is 76.5 cm³/mol. The average Bonchev–Trinajstić information content (AvgIpc) is 2.61. The first-order valence-electron chi connectivity index (χ1n) is 6.17. The summed E-state index contributed by atoms with van der Waals surface area (Å²) in [5.41, 5.74) is 1.03. The van der Waals surface area contributed by atoms with Crippen LogP contribution in [0.4, 0.5) is 0 Å². The molecule has 0 aliphatic carbocycles. The highest BCUT2D eigenvalue weighted by molar-refractivity contribution is 7.91. The molecule has 1 rings (SSSR count). The number of hydrogen-bond donors (Lipinski definition) is 2. The summed E-state index contributed by atoms with van der Waals surface area (Å²) in [6, 6.07) is 1.73. The minimum absolute atomic E-state index is 0.0184. The molecule has 0 bridgehead atoms. The van der Waals surface area contributed by atoms with Crippen LogP contribution in [0.15, 0.2) is 10.3 Å². The number of thiophene rings is 1. The summed E-state index contributed by atoms with van der Waals surface area (Å²) in [6.07, 6.45) is 1.82. The summed E-state index contributed by atoms with van der Waals surface area (Å²) in [6.45, 7) is 6.59. The summed E-state index contributed by atoms with van der Waals surface area (Å²) in [7, 11) is -1.50. The van der Waals surface area contributed by atoms with E-state index >= 15 is 0 Å². The van der Waals surface area contributed by atoms with Crippen molar-refractivity contribution in [2.24, 2.45) is 0 Å². The molecule has 6 heteroatoms. The number of sulfonamides is 1. The fourth-order valence-electron chi connectivity index (χ4n) is 1.77. The lowest BCUT2D eigenvalue weighted by atomic mass is 10.2. The number of nitrogens with one attached hydrogen (secondary N) is 2. The zero-order valence-electron chi connectivity index (χ0n) is 11.4. The van der Waals surface area contributed by atoms with Crippen molar-refractivity contribution < 1.29 is 8.42 Å². The second-order valence-electron chi connectivity index (χ2n) is 4.51. The van der Waals surface area contributed by atoms with Crippen LogP contribution in [0.25, 0.3) is 0 Å². The molecule has 0 aliphatic heterocycles. The van der Waals surface area contributed by atoms with E-state index in [2.05, 4.69) is 10.0 Å². The van der Waals surface area contributed by atoms with E-state index in [4.69, 9.17) is 0 Å². The van der Waals surface area contributed by atoms with Gasteiger partial charge in [-0.2, -0.15) is 0 Å². The SMILES string of the molecule is CCCC(C)NS(=O)(=O)c1cc(C)c(CNC)s1. The molecule has 0 aliphatic rings. The van der Waals surface area contributed by atoms with Gasteiger partial charge in [0.2, 0.25) is 10.0 Å². The molecule has 0 spiro atoms. The molecule has 2 N–H and O–H groups in total. The summed E-state index contributed by atoms with van der Waals surface area (Å²) < 4.78 is 27.5. The third kappa shape index (κ3) is 4.05. The van der Waals surface area contributed by atoms with Gasteiger partial charge in [-0.3, -0.25) is 0 Å². The molecule has 0 aromatic carbocycles. The maximum absolute atomic E-state index is 12.2. The Bertz CT molecular complexity index is 480. The first kappa shape index (κ1) is 15.6. The zero-order chi connectivity index (χ0) is 13.8. The van der Waals surface area contributed by atoms with Gasteiger partial charge in [0.1, 0.15) is 4.21 Å². The van der Waals surface area contributed by atoms with Gasteiger partial charge < -0.3 is 5.32 Å². The maximum Gasteiger partial charge on any atom is 0.250 e. The number of aryl methyl sites for hydroxylation is 1. The second kappa shape index (κ2) is 6.65. The van der Waals surface area contributed by atoms with Crippen LogP contribution in [0.3, 0.4) is 0 Å². The summed E-state index contributed by atoms with van der Waals surface area (Å²) in [5.74, 6) is 0. The molecule has 0 radical (unpaired) electrons. The van der Waals surface area contributed by atoms with Gasteiger partial charge in [0, 0.05) is 17.5 Å². The molecule has 104 valence electrons. The van der Waals surface area contributed by atoms with Crippen LogP contribution in [0.2, 0.25) is 0 Å². The highest BCUT2D eigenvalue weighted by Gasteiger charge is 2.20. The van der Waals surface area contributed by atoms with Crippen molar-refractivity contribution >= 4 is 21.4 Å². The third-order valence-electron chi connectivity index (χ3n) is 2.68. The van der Waals surface area contributed by atoms with Gasteiger partial charge in [-0.05, 0) is 38.9 Å². The number of hydrogen-bond acceptors (Lipinski definition) is 4. The average molecular weight is 290 g/mol. The fraction of sp³-hybridized carbons (Fsp3) is 0.667. The van der Waals surface area contributed by atoms with Crippen LogP contribution >= 0.6 is 11.3 Å². The first-order valence-corrected chi connectivity index (χ1v) is 8.47. The lowest BCUT2D eigenvalue weighted by molar-refractivity contribution is 0.545. The van der Waals surface area contributed by atoms with Crippen molar-refractivity contribution in [2.75, 3.05) is 7.05 Å². The van der Waals surface area contributed by atoms with Gasteiger partial charge in [0.25, 0.3) is 0 Å². The summed E-state index contributed by atoms with van der Waals surface area (Å²) in [4.78, 5) is 1.07. The first-order chi connectivity index (χ1) is 8.40. The van der Waals surface area contributed by atoms with Gasteiger partial charge in [-0.1, -0.05) is 13.3 Å². The van der Waals surface area contributed by atoms with E-state index < -0.39 is 10.0 Å². The summed E-state index contributed by atoms with van der Waals surface area (Å²) in [5, 5.41) is 3.05. The highest BCUT2D eigenvalue weighted by atomic mass is 32.2. The number of rotatable bonds is 7. The molecule has 18 heavy (non-hydrogen) atoms. The van der Waals surface area contributed by atoms with E-state index in [0.29, 0.717) is 10.8 Å². The van der Waals surface area contributed by atoms with Gasteiger partial charge in [0.15, 0.2) is 0 Å². The Balaban J connectivity index is 2.88. The Morgan fingerprint density at radius 3 is 2.67 bits per heavy atom. The van der Waals surface area contributed by atoms with E-state index in [9.17, 15) is 8.42 Å². The lowest BCUT2D eigenvalue weighted by Gasteiger charge is -2.11. The Labute approximate surface area is 114 Å². The minimum atomic E-state index is -3.36. The predicted octanol–water partition coefficient (Wildman–Crippen LogP) is 2.24. The van der Waals surface area contributed by atoms with Crippen molar-refractivity contribution in [3.63, 3.8) is 0 Å². The van der Waals surface area contributed by atoms with Crippen LogP contribution in [0, 0.1) is 6.92 Å². The molecule has 0 saturated heterocycles. The molecule has 1 atom stereocenters. The van der Waals surface area contributed by atoms with Crippen LogP contribution in [-0.4, -0.2) is 21.5 Å². The van der Waals surface area contributed by atoms with Crippen molar-refractivity contribution in [1.82, 2.24) is 10.0 Å². The van der Waals surface area contributed by atoms with Gasteiger partial charge >= 0.3 is 0 Å². The second-order valence-corrected chi connectivity index (χ2v) is 7.59. The normalized spacial score (nSPS) is 13.8. The Kier molecular flexibility index (Phi) is 5.78. The van der Waals surface area contributed by atoms with Crippen LogP contribution in [0.5, 0.6) is 0 Å². The van der Waals surface area contributed by atoms with Crippen molar-refractivity contribution in [1.29, 1.82) is 0 Å². The van der Waals surface area contributed by atoms with E-state index in [1.54, 1.807) is 6.07 Å². The van der Waals surface area contributed by atoms with E-state index in [0.717, 1.165) is 23.3 Å². The van der Waals surface area contributed by atoms with Crippen LogP contribution in [-0.2, 0) is 16.6 Å². The fourth-order valence-corrected chi connectivity index (χ4v) is 4.67. The molecule has 4 nitrogen and oxygen atoms in total. The Morgan fingerprint density at radius 1 is 1.44 bits per heavy atom. The van der Waals surface area contributed by atoms with Crippen molar-refractivity contribution in [2.45, 2.75) is 50.4 Å². The lowest BCUT2D eigenvalue weighted by Crippen LogP contribution is -2.31. The van der Waals surface area contributed by atoms with Crippen molar-refractivity contribution in [3.05, 3.63) is 16.5 Å². The highest BCUT2D eigenvalue weighted by Crippen LogP contribution is 2.26. The minimum Gasteiger partial charge on any atom is -0.315 e. The topological polar surface area (TPSA) is 58.2 Å². The molecule has 1 heterocycles. The van der Waals surface area contributed by atoms with Crippen molar-refractivity contribution in [3.8, 4) is 0 Å². The maximum atomic E-state index is 12.2. The largest absolute Gasteiger partial charge is 0.315 e. The molecular formula is C12H22N2O2S2. The molecule has 0 saturated carbocycles. The zero-order valence-corrected chi connectivity index (χ0v) is 13.0. The molecule has 0 amide bonds. The quantitative estimate of drug-likeness (QED) is 0.809. The van der Waals surface area contributed by atoms with E-state index in [-0.39, 0.29) is 6.04 Å². The Hall–Kier alpha value is -0.430. The molecule has 1 aromatic rings. The standard InChI is InChI=1S/C12H22N2O2S2/c1-5-6-10(3)14-18(15,16)12-7-9(2)11(17-12)8-13-4/h7,10,13-14H,5-6,8H2,1-4H3. The molecule has 1 aromatic heterocycles. The third-order valence-corrected chi connectivity index (χ3v) is 5.98. The summed E-state index contributed by atoms with van der Waals surface area (Å²) >= 11 is 1.34. The molecule has 1 unspecified atom stereocenters. The molecular weight excluding hydrogens is 268 g/mol. The van der Waals surface area contributed by atoms with Gasteiger partial charge in [-0.15, -0.1) is 11.3 Å². The van der Waals surface area contributed by atoms with E-state index in [1.807, 2.05) is 27.8 Å². The van der Waals surface area contributed by atoms with Crippen LogP contribution < -0.4 is 10.0 Å². The smallest absolute Gasteiger partial charge is 0.250 e. The van der Waals surface area contributed by atoms with Gasteiger partial charge in [0.05, 0.1) is 0 Å². The van der Waals surface area contributed by atoms with Gasteiger partial charge in [-0.25, -0.2) is 13.1 Å². The Morgan fingerprint density at radius 2 is 2.11 bits per heavy atom. The monoisotopic (exact) mass is 290 g/mol.